The zero-order valence-corrected chi connectivity index (χ0v) is 11.7. The van der Waals surface area contributed by atoms with Gasteiger partial charge in [-0.05, 0) is 30.7 Å². The molecule has 2 aromatic rings. The van der Waals surface area contributed by atoms with Crippen molar-refractivity contribution in [3.8, 4) is 0 Å². The first-order valence-electron chi connectivity index (χ1n) is 6.88. The van der Waals surface area contributed by atoms with E-state index in [1.165, 1.54) is 0 Å². The van der Waals surface area contributed by atoms with E-state index >= 15 is 0 Å². The van der Waals surface area contributed by atoms with Crippen LogP contribution in [-0.4, -0.2) is 17.8 Å². The second-order valence-corrected chi connectivity index (χ2v) is 4.99. The molecule has 1 heterocycles. The lowest BCUT2D eigenvalue weighted by atomic mass is 9.97. The van der Waals surface area contributed by atoms with Crippen molar-refractivity contribution in [2.45, 2.75) is 19.4 Å². The maximum absolute atomic E-state index is 12.0. The average molecular weight is 280 g/mol. The lowest BCUT2D eigenvalue weighted by molar-refractivity contribution is 0.0389. The number of esters is 1. The van der Waals surface area contributed by atoms with Crippen LogP contribution in [0.2, 0.25) is 0 Å². The molecule has 0 saturated carbocycles. The summed E-state index contributed by atoms with van der Waals surface area (Å²) in [5.41, 5.74) is 6.29. The third-order valence-electron chi connectivity index (χ3n) is 3.49. The lowest BCUT2D eigenvalue weighted by Gasteiger charge is -2.24. The Hall–Kier alpha value is -2.62. The lowest BCUT2D eigenvalue weighted by Crippen LogP contribution is -2.33. The second kappa shape index (κ2) is 5.79. The molecule has 0 aromatic heterocycles. The number of anilines is 1. The first kappa shape index (κ1) is 13.4. The van der Waals surface area contributed by atoms with Gasteiger partial charge in [0.25, 0.3) is 0 Å². The minimum atomic E-state index is -0.316. The van der Waals surface area contributed by atoms with Gasteiger partial charge in [0.1, 0.15) is 6.10 Å². The quantitative estimate of drug-likeness (QED) is 0.533. The van der Waals surface area contributed by atoms with Crippen molar-refractivity contribution in [1.29, 1.82) is 0 Å². The number of rotatable bonds is 3. The Balaban J connectivity index is 1.74. The minimum absolute atomic E-state index is 0.281. The molecule has 1 aliphatic heterocycles. The number of para-hydroxylation sites is 1. The predicted molar refractivity (Wildman–Crippen MR) is 82.5 cm³/mol. The summed E-state index contributed by atoms with van der Waals surface area (Å²) in [4.78, 5) is 12.0. The molecule has 1 N–H and O–H groups in total. The number of fused-ring (bicyclic) bond motifs is 1. The normalized spacial score (nSPS) is 17.9. The molecule has 0 bridgehead atoms. The number of nitrogens with zero attached hydrogens (tertiary/aromatic N) is 1. The van der Waals surface area contributed by atoms with Crippen LogP contribution in [0, 0.1) is 0 Å². The highest BCUT2D eigenvalue weighted by atomic mass is 16.5. The van der Waals surface area contributed by atoms with Crippen LogP contribution in [0.15, 0.2) is 59.7 Å². The van der Waals surface area contributed by atoms with Gasteiger partial charge < -0.3 is 4.74 Å². The number of cyclic esters (lactones) is 1. The van der Waals surface area contributed by atoms with E-state index in [1.54, 1.807) is 6.07 Å². The Kier molecular flexibility index (Phi) is 3.69. The fraction of sp³-hybridized carbons (Fsp3) is 0.176. The average Bonchev–Trinajstić information content (AvgIpc) is 2.53. The van der Waals surface area contributed by atoms with Gasteiger partial charge in [-0.3, -0.25) is 5.43 Å². The van der Waals surface area contributed by atoms with Crippen LogP contribution in [0.1, 0.15) is 22.8 Å². The van der Waals surface area contributed by atoms with Gasteiger partial charge in [-0.2, -0.15) is 5.10 Å². The van der Waals surface area contributed by atoms with Gasteiger partial charge in [0.15, 0.2) is 0 Å². The minimum Gasteiger partial charge on any atom is -0.452 e. The maximum Gasteiger partial charge on any atom is 0.339 e. The molecule has 0 aliphatic carbocycles. The van der Waals surface area contributed by atoms with Crippen molar-refractivity contribution in [1.82, 2.24) is 0 Å². The summed E-state index contributed by atoms with van der Waals surface area (Å²) >= 11 is 0. The summed E-state index contributed by atoms with van der Waals surface area (Å²) in [6.45, 7) is 1.86. The van der Waals surface area contributed by atoms with Gasteiger partial charge in [-0.1, -0.05) is 36.4 Å². The number of nitrogens with one attached hydrogen (secondary N) is 1. The standard InChI is InChI=1S/C17H16N2O2/c1-12(18-19-14-8-3-2-4-9-14)16-11-13-7-5-6-10-15(13)17(20)21-16/h2-10,16,19H,11H2,1H3/b18-12-/t16-/m1/s1. The monoisotopic (exact) mass is 280 g/mol. The van der Waals surface area contributed by atoms with Crippen LogP contribution in [0.4, 0.5) is 5.69 Å². The van der Waals surface area contributed by atoms with E-state index in [1.807, 2.05) is 55.5 Å². The van der Waals surface area contributed by atoms with E-state index in [4.69, 9.17) is 4.74 Å². The molecule has 0 spiro atoms. The molecule has 21 heavy (non-hydrogen) atoms. The predicted octanol–water partition coefficient (Wildman–Crippen LogP) is 3.26. The van der Waals surface area contributed by atoms with Gasteiger partial charge in [0, 0.05) is 6.42 Å². The number of ether oxygens (including phenoxy) is 1. The number of hydrazone groups is 1. The third kappa shape index (κ3) is 2.94. The Morgan fingerprint density at radius 3 is 2.67 bits per heavy atom. The van der Waals surface area contributed by atoms with Crippen LogP contribution in [0.5, 0.6) is 0 Å². The van der Waals surface area contributed by atoms with Crippen molar-refractivity contribution in [2.24, 2.45) is 5.10 Å². The van der Waals surface area contributed by atoms with Crippen molar-refractivity contribution >= 4 is 17.4 Å². The number of carbonyl (C=O) groups excluding carboxylic acids is 1. The molecular formula is C17H16N2O2. The smallest absolute Gasteiger partial charge is 0.339 e. The SMILES string of the molecule is C/C(=N/Nc1ccccc1)[C@H]1Cc2ccccc2C(=O)O1. The Bertz CT molecular complexity index is 680. The Labute approximate surface area is 123 Å². The van der Waals surface area contributed by atoms with Crippen molar-refractivity contribution < 1.29 is 9.53 Å². The molecule has 4 heteroatoms. The topological polar surface area (TPSA) is 50.7 Å². The van der Waals surface area contributed by atoms with Crippen LogP contribution >= 0.6 is 0 Å². The summed E-state index contributed by atoms with van der Waals surface area (Å²) in [7, 11) is 0. The van der Waals surface area contributed by atoms with E-state index in [0.717, 1.165) is 17.0 Å². The first-order valence-corrected chi connectivity index (χ1v) is 6.88. The van der Waals surface area contributed by atoms with Gasteiger partial charge in [-0.15, -0.1) is 0 Å². The molecule has 106 valence electrons. The third-order valence-corrected chi connectivity index (χ3v) is 3.49. The zero-order valence-electron chi connectivity index (χ0n) is 11.7. The number of carbonyl (C=O) groups is 1. The summed E-state index contributed by atoms with van der Waals surface area (Å²) < 4.78 is 5.45. The first-order chi connectivity index (χ1) is 10.2. The molecule has 0 fully saturated rings. The van der Waals surface area contributed by atoms with E-state index < -0.39 is 0 Å². The molecule has 1 aliphatic rings. The van der Waals surface area contributed by atoms with Crippen LogP contribution in [-0.2, 0) is 11.2 Å². The molecule has 0 saturated heterocycles. The van der Waals surface area contributed by atoms with E-state index in [2.05, 4.69) is 10.5 Å². The Morgan fingerprint density at radius 2 is 1.86 bits per heavy atom. The molecule has 4 nitrogen and oxygen atoms in total. The van der Waals surface area contributed by atoms with Crippen molar-refractivity contribution in [3.05, 3.63) is 65.7 Å². The van der Waals surface area contributed by atoms with Gasteiger partial charge in [0.05, 0.1) is 17.0 Å². The fourth-order valence-corrected chi connectivity index (χ4v) is 2.30. The summed E-state index contributed by atoms with van der Waals surface area (Å²) in [5, 5.41) is 4.31. The van der Waals surface area contributed by atoms with E-state index in [-0.39, 0.29) is 12.1 Å². The van der Waals surface area contributed by atoms with Crippen LogP contribution in [0.25, 0.3) is 0 Å². The van der Waals surface area contributed by atoms with Gasteiger partial charge in [-0.25, -0.2) is 4.79 Å². The number of hydrogen-bond acceptors (Lipinski definition) is 4. The number of hydrogen-bond donors (Lipinski definition) is 1. The summed E-state index contributed by atoms with van der Waals surface area (Å²) in [5.74, 6) is -0.281. The molecule has 0 radical (unpaired) electrons. The largest absolute Gasteiger partial charge is 0.452 e. The van der Waals surface area contributed by atoms with E-state index in [0.29, 0.717) is 12.0 Å². The molecule has 2 aromatic carbocycles. The highest BCUT2D eigenvalue weighted by Crippen LogP contribution is 2.21. The summed E-state index contributed by atoms with van der Waals surface area (Å²) in [6, 6.07) is 17.2. The van der Waals surface area contributed by atoms with Gasteiger partial charge >= 0.3 is 5.97 Å². The molecule has 1 atom stereocenters. The highest BCUT2D eigenvalue weighted by molar-refractivity contribution is 5.97. The molecule has 0 amide bonds. The van der Waals surface area contributed by atoms with Crippen molar-refractivity contribution in [3.63, 3.8) is 0 Å². The van der Waals surface area contributed by atoms with Crippen molar-refractivity contribution in [2.75, 3.05) is 5.43 Å². The van der Waals surface area contributed by atoms with Crippen LogP contribution in [0.3, 0.4) is 0 Å². The van der Waals surface area contributed by atoms with E-state index in [9.17, 15) is 4.79 Å². The van der Waals surface area contributed by atoms with Gasteiger partial charge in [0.2, 0.25) is 0 Å². The number of benzene rings is 2. The Morgan fingerprint density at radius 1 is 1.14 bits per heavy atom. The highest BCUT2D eigenvalue weighted by Gasteiger charge is 2.27. The molecule has 0 unspecified atom stereocenters. The van der Waals surface area contributed by atoms with Crippen LogP contribution < -0.4 is 5.43 Å². The maximum atomic E-state index is 12.0. The summed E-state index contributed by atoms with van der Waals surface area (Å²) in [6.07, 6.45) is 0.344. The second-order valence-electron chi connectivity index (χ2n) is 4.99. The fourth-order valence-electron chi connectivity index (χ4n) is 2.30. The molecule has 3 rings (SSSR count). The zero-order chi connectivity index (χ0) is 14.7. The molecular weight excluding hydrogens is 264 g/mol.